The Morgan fingerprint density at radius 2 is 2.37 bits per heavy atom. The van der Waals surface area contributed by atoms with E-state index in [0.29, 0.717) is 19.4 Å². The van der Waals surface area contributed by atoms with Crippen molar-refractivity contribution < 1.29 is 14.3 Å². The Hall–Kier alpha value is -1.88. The Kier molecular flexibility index (Phi) is 4.16. The standard InChI is InChI=1S/C14H18N2O3/c1-19-13-4-2-3-10-5-7-16(9-11(10)13)14(18)12(15)6-8-17/h2-4,8,12H,5-7,9,15H2,1H3. The van der Waals surface area contributed by atoms with Crippen LogP contribution in [0, 0.1) is 0 Å². The number of hydrogen-bond donors (Lipinski definition) is 1. The van der Waals surface area contributed by atoms with E-state index in [1.54, 1.807) is 12.0 Å². The molecule has 2 N–H and O–H groups in total. The number of hydrogen-bond acceptors (Lipinski definition) is 4. The fourth-order valence-corrected chi connectivity index (χ4v) is 2.37. The van der Waals surface area contributed by atoms with Crippen LogP contribution in [-0.4, -0.2) is 36.8 Å². The number of methoxy groups -OCH3 is 1. The zero-order chi connectivity index (χ0) is 13.8. The van der Waals surface area contributed by atoms with Crippen LogP contribution in [-0.2, 0) is 22.6 Å². The summed E-state index contributed by atoms with van der Waals surface area (Å²) in [5, 5.41) is 0. The van der Waals surface area contributed by atoms with Crippen molar-refractivity contribution in [1.82, 2.24) is 4.90 Å². The molecule has 0 saturated carbocycles. The zero-order valence-electron chi connectivity index (χ0n) is 11.0. The number of aldehydes is 1. The molecule has 0 radical (unpaired) electrons. The van der Waals surface area contributed by atoms with Crippen LogP contribution < -0.4 is 10.5 Å². The summed E-state index contributed by atoms with van der Waals surface area (Å²) in [7, 11) is 1.62. The highest BCUT2D eigenvalue weighted by molar-refractivity contribution is 5.84. The number of fused-ring (bicyclic) bond motifs is 1. The van der Waals surface area contributed by atoms with E-state index in [9.17, 15) is 9.59 Å². The number of benzene rings is 1. The first-order chi connectivity index (χ1) is 9.17. The highest BCUT2D eigenvalue weighted by Crippen LogP contribution is 2.28. The second kappa shape index (κ2) is 5.84. The summed E-state index contributed by atoms with van der Waals surface area (Å²) in [6, 6.07) is 5.14. The Morgan fingerprint density at radius 1 is 1.58 bits per heavy atom. The smallest absolute Gasteiger partial charge is 0.240 e. The number of carbonyl (C=O) groups excluding carboxylic acids is 2. The molecule has 5 heteroatoms. The average Bonchev–Trinajstić information content (AvgIpc) is 2.45. The summed E-state index contributed by atoms with van der Waals surface area (Å²) >= 11 is 0. The highest BCUT2D eigenvalue weighted by Gasteiger charge is 2.26. The molecule has 0 saturated heterocycles. The number of nitrogens with zero attached hydrogens (tertiary/aromatic N) is 1. The summed E-state index contributed by atoms with van der Waals surface area (Å²) in [6.07, 6.45) is 1.53. The molecule has 0 aliphatic carbocycles. The number of nitrogens with two attached hydrogens (primary N) is 1. The summed E-state index contributed by atoms with van der Waals surface area (Å²) in [5.74, 6) is 0.614. The second-order valence-electron chi connectivity index (χ2n) is 4.62. The minimum Gasteiger partial charge on any atom is -0.496 e. The molecule has 1 aliphatic heterocycles. The van der Waals surface area contributed by atoms with Gasteiger partial charge in [-0.05, 0) is 18.1 Å². The lowest BCUT2D eigenvalue weighted by Gasteiger charge is -2.31. The van der Waals surface area contributed by atoms with E-state index in [2.05, 4.69) is 0 Å². The minimum atomic E-state index is -0.742. The van der Waals surface area contributed by atoms with E-state index < -0.39 is 6.04 Å². The third-order valence-corrected chi connectivity index (χ3v) is 3.43. The van der Waals surface area contributed by atoms with Gasteiger partial charge in [0.25, 0.3) is 0 Å². The maximum atomic E-state index is 12.1. The molecule has 0 fully saturated rings. The third kappa shape index (κ3) is 2.76. The Balaban J connectivity index is 2.17. The van der Waals surface area contributed by atoms with Gasteiger partial charge in [-0.3, -0.25) is 4.79 Å². The van der Waals surface area contributed by atoms with Crippen molar-refractivity contribution >= 4 is 12.2 Å². The van der Waals surface area contributed by atoms with Crippen LogP contribution in [0.5, 0.6) is 5.75 Å². The molecule has 1 aliphatic rings. The molecule has 1 aromatic rings. The van der Waals surface area contributed by atoms with Crippen LogP contribution in [0.2, 0.25) is 0 Å². The lowest BCUT2D eigenvalue weighted by Crippen LogP contribution is -2.46. The number of ether oxygens (including phenoxy) is 1. The van der Waals surface area contributed by atoms with Gasteiger partial charge in [0.05, 0.1) is 13.2 Å². The molecule has 1 heterocycles. The fraction of sp³-hybridized carbons (Fsp3) is 0.429. The third-order valence-electron chi connectivity index (χ3n) is 3.43. The Morgan fingerprint density at radius 3 is 3.05 bits per heavy atom. The van der Waals surface area contributed by atoms with Gasteiger partial charge >= 0.3 is 0 Å². The van der Waals surface area contributed by atoms with Crippen molar-refractivity contribution in [2.45, 2.75) is 25.4 Å². The second-order valence-corrected chi connectivity index (χ2v) is 4.62. The quantitative estimate of drug-likeness (QED) is 0.802. The molecule has 0 aromatic heterocycles. The molecular weight excluding hydrogens is 244 g/mol. The SMILES string of the molecule is COc1cccc2c1CN(C(=O)C(N)CC=O)CC2. The molecule has 1 atom stereocenters. The molecule has 102 valence electrons. The molecule has 0 spiro atoms. The van der Waals surface area contributed by atoms with Crippen molar-refractivity contribution in [2.75, 3.05) is 13.7 Å². The summed E-state index contributed by atoms with van der Waals surface area (Å²) in [6.45, 7) is 1.12. The van der Waals surface area contributed by atoms with E-state index in [0.717, 1.165) is 17.7 Å². The number of carbonyl (C=O) groups is 2. The van der Waals surface area contributed by atoms with Gasteiger partial charge in [-0.1, -0.05) is 12.1 Å². The summed E-state index contributed by atoms with van der Waals surface area (Å²) < 4.78 is 5.32. The van der Waals surface area contributed by atoms with E-state index >= 15 is 0 Å². The molecule has 2 rings (SSSR count). The topological polar surface area (TPSA) is 72.6 Å². The van der Waals surface area contributed by atoms with Crippen molar-refractivity contribution in [2.24, 2.45) is 5.73 Å². The van der Waals surface area contributed by atoms with Gasteiger partial charge in [-0.15, -0.1) is 0 Å². The Bertz CT molecular complexity index is 473. The molecule has 5 nitrogen and oxygen atoms in total. The van der Waals surface area contributed by atoms with Crippen LogP contribution >= 0.6 is 0 Å². The van der Waals surface area contributed by atoms with Crippen LogP contribution in [0.1, 0.15) is 17.5 Å². The lowest BCUT2D eigenvalue weighted by molar-refractivity contribution is -0.134. The van der Waals surface area contributed by atoms with Gasteiger partial charge in [0.1, 0.15) is 12.0 Å². The van der Waals surface area contributed by atoms with E-state index in [1.165, 1.54) is 5.56 Å². The average molecular weight is 262 g/mol. The summed E-state index contributed by atoms with van der Waals surface area (Å²) in [5.41, 5.74) is 7.93. The maximum Gasteiger partial charge on any atom is 0.240 e. The van der Waals surface area contributed by atoms with Crippen molar-refractivity contribution in [3.05, 3.63) is 29.3 Å². The largest absolute Gasteiger partial charge is 0.496 e. The van der Waals surface area contributed by atoms with Gasteiger partial charge in [0.2, 0.25) is 5.91 Å². The van der Waals surface area contributed by atoms with Crippen LogP contribution in [0.3, 0.4) is 0 Å². The molecule has 19 heavy (non-hydrogen) atoms. The Labute approximate surface area is 112 Å². The number of rotatable bonds is 4. The minimum absolute atomic E-state index is 0.0636. The normalized spacial score (nSPS) is 15.6. The predicted molar refractivity (Wildman–Crippen MR) is 70.8 cm³/mol. The van der Waals surface area contributed by atoms with Crippen LogP contribution in [0.15, 0.2) is 18.2 Å². The fourth-order valence-electron chi connectivity index (χ4n) is 2.37. The monoisotopic (exact) mass is 262 g/mol. The first-order valence-corrected chi connectivity index (χ1v) is 6.30. The molecule has 0 bridgehead atoms. The van der Waals surface area contributed by atoms with Gasteiger partial charge in [-0.2, -0.15) is 0 Å². The van der Waals surface area contributed by atoms with Gasteiger partial charge in [0, 0.05) is 25.1 Å². The van der Waals surface area contributed by atoms with E-state index in [1.807, 2.05) is 18.2 Å². The first-order valence-electron chi connectivity index (χ1n) is 6.30. The number of amides is 1. The van der Waals surface area contributed by atoms with E-state index in [4.69, 9.17) is 10.5 Å². The molecule has 1 unspecified atom stereocenters. The summed E-state index contributed by atoms with van der Waals surface area (Å²) in [4.78, 5) is 24.2. The molecule has 1 aromatic carbocycles. The van der Waals surface area contributed by atoms with Gasteiger partial charge in [-0.25, -0.2) is 0 Å². The van der Waals surface area contributed by atoms with Crippen molar-refractivity contribution in [3.8, 4) is 5.75 Å². The molecule has 1 amide bonds. The van der Waals surface area contributed by atoms with Crippen LogP contribution in [0.25, 0.3) is 0 Å². The highest BCUT2D eigenvalue weighted by atomic mass is 16.5. The van der Waals surface area contributed by atoms with Gasteiger partial charge < -0.3 is 20.2 Å². The van der Waals surface area contributed by atoms with Crippen molar-refractivity contribution in [1.29, 1.82) is 0 Å². The van der Waals surface area contributed by atoms with Gasteiger partial charge in [0.15, 0.2) is 0 Å². The van der Waals surface area contributed by atoms with Crippen molar-refractivity contribution in [3.63, 3.8) is 0 Å². The first kappa shape index (κ1) is 13.5. The predicted octanol–water partition coefficient (Wildman–Crippen LogP) is 0.496. The zero-order valence-corrected chi connectivity index (χ0v) is 11.0. The molecular formula is C14H18N2O3. The van der Waals surface area contributed by atoms with Crippen LogP contribution in [0.4, 0.5) is 0 Å². The van der Waals surface area contributed by atoms with E-state index in [-0.39, 0.29) is 12.3 Å². The maximum absolute atomic E-state index is 12.1. The lowest BCUT2D eigenvalue weighted by atomic mass is 9.98.